The van der Waals surface area contributed by atoms with Crippen molar-refractivity contribution in [2.45, 2.75) is 0 Å². The van der Waals surface area contributed by atoms with Crippen LogP contribution in [0.5, 0.6) is 10.9 Å². The smallest absolute Gasteiger partial charge is 0.278 e. The van der Waals surface area contributed by atoms with E-state index < -0.39 is 0 Å². The van der Waals surface area contributed by atoms with E-state index in [-0.39, 0.29) is 0 Å². The Bertz CT molecular complexity index is 446. The van der Waals surface area contributed by atoms with Gasteiger partial charge in [-0.15, -0.1) is 0 Å². The largest absolute Gasteiger partial charge is 0.429 e. The number of ether oxygens (including phenoxy) is 1. The van der Waals surface area contributed by atoms with Gasteiger partial charge in [0.25, 0.3) is 5.19 Å². The van der Waals surface area contributed by atoms with Crippen LogP contribution in [0.15, 0.2) is 30.5 Å². The van der Waals surface area contributed by atoms with E-state index in [9.17, 15) is 0 Å². The third-order valence-corrected chi connectivity index (χ3v) is 2.55. The number of halogens is 1. The lowest BCUT2D eigenvalue weighted by atomic mass is 10.1. The van der Waals surface area contributed by atoms with Crippen molar-refractivity contribution in [1.29, 1.82) is 0 Å². The molecule has 0 saturated heterocycles. The van der Waals surface area contributed by atoms with Gasteiger partial charge in [-0.3, -0.25) is 0 Å². The maximum Gasteiger partial charge on any atom is 0.278 e. The van der Waals surface area contributed by atoms with Gasteiger partial charge in [-0.1, -0.05) is 35.1 Å². The molecule has 0 spiro atoms. The molecule has 68 valence electrons. The first-order chi connectivity index (χ1) is 6.75. The molecule has 0 fully saturated rings. The Morgan fingerprint density at radius 2 is 2.14 bits per heavy atom. The van der Waals surface area contributed by atoms with Gasteiger partial charge in [0.2, 0.25) is 0 Å². The van der Waals surface area contributed by atoms with E-state index in [2.05, 4.69) is 4.98 Å². The van der Waals surface area contributed by atoms with Gasteiger partial charge in [-0.05, 0) is 16.9 Å². The maximum atomic E-state index is 5.90. The molecule has 2 aromatic rings. The molecule has 14 heavy (non-hydrogen) atoms. The molecule has 0 aliphatic heterocycles. The first-order valence-corrected chi connectivity index (χ1v) is 5.09. The summed E-state index contributed by atoms with van der Waals surface area (Å²) in [6, 6.07) is 7.22. The highest BCUT2D eigenvalue weighted by Crippen LogP contribution is 2.28. The number of hydrogen-bond acceptors (Lipinski definition) is 3. The number of hydrogen-bond donors (Lipinski definition) is 0. The second kappa shape index (κ2) is 4.03. The molecule has 1 aromatic heterocycles. The third kappa shape index (κ3) is 2.08. The quantitative estimate of drug-likeness (QED) is 0.727. The Kier molecular flexibility index (Phi) is 2.75. The van der Waals surface area contributed by atoms with Crippen LogP contribution in [0.25, 0.3) is 0 Å². The van der Waals surface area contributed by atoms with Gasteiger partial charge in [0.15, 0.2) is 0 Å². The molecular formula is C9H5BClNOS. The summed E-state index contributed by atoms with van der Waals surface area (Å²) in [4.78, 5) is 3.96. The van der Waals surface area contributed by atoms with E-state index in [0.29, 0.717) is 20.7 Å². The van der Waals surface area contributed by atoms with E-state index in [4.69, 9.17) is 24.2 Å². The molecule has 2 radical (unpaired) electrons. The predicted molar refractivity (Wildman–Crippen MR) is 59.0 cm³/mol. The van der Waals surface area contributed by atoms with Gasteiger partial charge in [-0.2, -0.15) is 0 Å². The lowest BCUT2D eigenvalue weighted by Crippen LogP contribution is -1.89. The van der Waals surface area contributed by atoms with Crippen molar-refractivity contribution >= 4 is 35.6 Å². The van der Waals surface area contributed by atoms with Gasteiger partial charge in [0.05, 0.1) is 5.02 Å². The molecule has 0 saturated carbocycles. The molecule has 1 aromatic carbocycles. The SMILES string of the molecule is [B]c1cnc(Oc2ccccc2Cl)s1. The predicted octanol–water partition coefficient (Wildman–Crippen LogP) is 2.38. The Morgan fingerprint density at radius 1 is 1.36 bits per heavy atom. The van der Waals surface area contributed by atoms with Crippen molar-refractivity contribution in [2.75, 3.05) is 0 Å². The van der Waals surface area contributed by atoms with E-state index in [1.165, 1.54) is 11.3 Å². The third-order valence-electron chi connectivity index (χ3n) is 1.54. The number of nitrogens with zero attached hydrogens (tertiary/aromatic N) is 1. The van der Waals surface area contributed by atoms with Gasteiger partial charge in [-0.25, -0.2) is 4.98 Å². The van der Waals surface area contributed by atoms with Crippen LogP contribution in [0.2, 0.25) is 5.02 Å². The van der Waals surface area contributed by atoms with Crippen molar-refractivity contribution in [3.63, 3.8) is 0 Å². The standard InChI is InChI=1S/C9H5BClNOS/c10-8-5-12-9(14-8)13-7-4-2-1-3-6(7)11/h1-5H. The first kappa shape index (κ1) is 9.56. The van der Waals surface area contributed by atoms with Gasteiger partial charge in [0, 0.05) is 6.20 Å². The minimum Gasteiger partial charge on any atom is -0.429 e. The Balaban J connectivity index is 2.23. The van der Waals surface area contributed by atoms with Gasteiger partial charge >= 0.3 is 0 Å². The molecule has 0 aliphatic rings. The summed E-state index contributed by atoms with van der Waals surface area (Å²) < 4.78 is 6.04. The number of para-hydroxylation sites is 1. The van der Waals surface area contributed by atoms with E-state index >= 15 is 0 Å². The molecule has 2 nitrogen and oxygen atoms in total. The monoisotopic (exact) mass is 221 g/mol. The fourth-order valence-corrected chi connectivity index (χ4v) is 1.66. The highest BCUT2D eigenvalue weighted by atomic mass is 35.5. The maximum absolute atomic E-state index is 5.90. The molecule has 5 heteroatoms. The zero-order valence-corrected chi connectivity index (χ0v) is 8.68. The van der Waals surface area contributed by atoms with E-state index in [1.807, 2.05) is 12.1 Å². The highest BCUT2D eigenvalue weighted by molar-refractivity contribution is 7.21. The zero-order chi connectivity index (χ0) is 9.97. The minimum absolute atomic E-state index is 0.496. The summed E-state index contributed by atoms with van der Waals surface area (Å²) in [5, 5.41) is 1.05. The van der Waals surface area contributed by atoms with Crippen molar-refractivity contribution in [3.05, 3.63) is 35.5 Å². The molecule has 0 N–H and O–H groups in total. The molecule has 0 atom stereocenters. The summed E-state index contributed by atoms with van der Waals surface area (Å²) in [5.74, 6) is 0.587. The van der Waals surface area contributed by atoms with Crippen molar-refractivity contribution in [1.82, 2.24) is 4.98 Å². The summed E-state index contributed by atoms with van der Waals surface area (Å²) in [5.41, 5.74) is 0. The zero-order valence-electron chi connectivity index (χ0n) is 7.11. The number of rotatable bonds is 2. The summed E-state index contributed by atoms with van der Waals surface area (Å²) in [6.45, 7) is 0. The van der Waals surface area contributed by atoms with Crippen molar-refractivity contribution in [2.24, 2.45) is 0 Å². The fraction of sp³-hybridized carbons (Fsp3) is 0. The van der Waals surface area contributed by atoms with Crippen LogP contribution in [0, 0.1) is 0 Å². The molecular weight excluding hydrogens is 216 g/mol. The Morgan fingerprint density at radius 3 is 2.79 bits per heavy atom. The lowest BCUT2D eigenvalue weighted by Gasteiger charge is -2.02. The average molecular weight is 221 g/mol. The highest BCUT2D eigenvalue weighted by Gasteiger charge is 2.04. The molecule has 0 unspecified atom stereocenters. The molecule has 2 rings (SSSR count). The Labute approximate surface area is 91.9 Å². The molecule has 1 heterocycles. The van der Waals surface area contributed by atoms with E-state index in [1.54, 1.807) is 18.3 Å². The molecule has 0 amide bonds. The lowest BCUT2D eigenvalue weighted by molar-refractivity contribution is 0.479. The minimum atomic E-state index is 0.496. The van der Waals surface area contributed by atoms with Crippen LogP contribution in [0.1, 0.15) is 0 Å². The normalized spacial score (nSPS) is 10.1. The summed E-state index contributed by atoms with van der Waals surface area (Å²) >= 11 is 7.18. The van der Waals surface area contributed by atoms with Crippen LogP contribution in [0.3, 0.4) is 0 Å². The second-order valence-corrected chi connectivity index (χ2v) is 3.99. The number of benzene rings is 1. The van der Waals surface area contributed by atoms with Crippen LogP contribution in [-0.2, 0) is 0 Å². The summed E-state index contributed by atoms with van der Waals surface area (Å²) in [6.07, 6.45) is 1.55. The van der Waals surface area contributed by atoms with Gasteiger partial charge in [0.1, 0.15) is 13.6 Å². The first-order valence-electron chi connectivity index (χ1n) is 3.89. The Hall–Kier alpha value is -0.995. The van der Waals surface area contributed by atoms with Crippen LogP contribution < -0.4 is 9.51 Å². The van der Waals surface area contributed by atoms with Gasteiger partial charge < -0.3 is 4.74 Å². The molecule has 0 aliphatic carbocycles. The van der Waals surface area contributed by atoms with Crippen LogP contribution in [0.4, 0.5) is 0 Å². The van der Waals surface area contributed by atoms with Crippen molar-refractivity contribution in [3.8, 4) is 10.9 Å². The molecule has 0 bridgehead atoms. The van der Waals surface area contributed by atoms with Crippen LogP contribution >= 0.6 is 22.9 Å². The topological polar surface area (TPSA) is 22.1 Å². The fourth-order valence-electron chi connectivity index (χ4n) is 0.939. The average Bonchev–Trinajstić information content (AvgIpc) is 2.56. The number of aromatic nitrogens is 1. The summed E-state index contributed by atoms with van der Waals surface area (Å²) in [7, 11) is 5.51. The second-order valence-electron chi connectivity index (χ2n) is 2.56. The van der Waals surface area contributed by atoms with Crippen LogP contribution in [-0.4, -0.2) is 12.8 Å². The van der Waals surface area contributed by atoms with E-state index in [0.717, 1.165) is 0 Å². The number of thiazole rings is 1. The van der Waals surface area contributed by atoms with Crippen molar-refractivity contribution < 1.29 is 4.74 Å².